The first-order chi connectivity index (χ1) is 14.7. The number of amides is 1. The summed E-state index contributed by atoms with van der Waals surface area (Å²) in [5.41, 5.74) is 1.14. The normalized spacial score (nSPS) is 11.8. The lowest BCUT2D eigenvalue weighted by Gasteiger charge is -2.14. The van der Waals surface area contributed by atoms with Crippen LogP contribution in [0, 0.1) is 5.82 Å². The number of thiophene rings is 1. The van der Waals surface area contributed by atoms with Gasteiger partial charge in [0.05, 0.1) is 17.7 Å². The molecule has 1 amide bonds. The van der Waals surface area contributed by atoms with Crippen LogP contribution in [-0.4, -0.2) is 39.8 Å². The quantitative estimate of drug-likeness (QED) is 0.528. The van der Waals surface area contributed by atoms with Gasteiger partial charge in [0, 0.05) is 29.9 Å². The zero-order valence-corrected chi connectivity index (χ0v) is 18.8. The second-order valence-electron chi connectivity index (χ2n) is 6.68. The zero-order chi connectivity index (χ0) is 22.6. The minimum absolute atomic E-state index is 0.0415. The van der Waals surface area contributed by atoms with Crippen molar-refractivity contribution in [2.45, 2.75) is 4.90 Å². The summed E-state index contributed by atoms with van der Waals surface area (Å²) in [7, 11) is 0.644. The SMILES string of the molecule is COc1ccc(S(=O)(=O)N(C)C)cc1NC(=O)/C=C/c1ccc(-c2ccc(F)cc2)s1. The summed E-state index contributed by atoms with van der Waals surface area (Å²) < 4.78 is 44.1. The number of carbonyl (C=O) groups excluding carboxylic acids is 1. The minimum Gasteiger partial charge on any atom is -0.495 e. The maximum Gasteiger partial charge on any atom is 0.248 e. The van der Waals surface area contributed by atoms with Gasteiger partial charge in [-0.2, -0.15) is 0 Å². The first kappa shape index (κ1) is 22.7. The number of benzene rings is 2. The molecule has 0 aliphatic rings. The third-order valence-corrected chi connectivity index (χ3v) is 7.27. The summed E-state index contributed by atoms with van der Waals surface area (Å²) in [6.45, 7) is 0. The van der Waals surface area contributed by atoms with Gasteiger partial charge in [-0.05, 0) is 54.1 Å². The molecule has 0 spiro atoms. The second-order valence-corrected chi connectivity index (χ2v) is 9.95. The molecule has 0 atom stereocenters. The summed E-state index contributed by atoms with van der Waals surface area (Å²) in [6.07, 6.45) is 3.01. The van der Waals surface area contributed by atoms with Crippen LogP contribution < -0.4 is 10.1 Å². The Balaban J connectivity index is 1.76. The molecule has 9 heteroatoms. The number of hydrogen-bond acceptors (Lipinski definition) is 5. The summed E-state index contributed by atoms with van der Waals surface area (Å²) in [5, 5.41) is 2.66. The van der Waals surface area contributed by atoms with E-state index < -0.39 is 15.9 Å². The van der Waals surface area contributed by atoms with Gasteiger partial charge >= 0.3 is 0 Å². The maximum absolute atomic E-state index is 13.1. The van der Waals surface area contributed by atoms with Gasteiger partial charge in [0.25, 0.3) is 0 Å². The van der Waals surface area contributed by atoms with Crippen molar-refractivity contribution in [2.24, 2.45) is 0 Å². The molecule has 0 fully saturated rings. The Bertz CT molecular complexity index is 1220. The summed E-state index contributed by atoms with van der Waals surface area (Å²) in [4.78, 5) is 14.2. The van der Waals surface area contributed by atoms with E-state index >= 15 is 0 Å². The van der Waals surface area contributed by atoms with Crippen LogP contribution in [0.1, 0.15) is 4.88 Å². The Morgan fingerprint density at radius 3 is 2.45 bits per heavy atom. The lowest BCUT2D eigenvalue weighted by molar-refractivity contribution is -0.111. The number of carbonyl (C=O) groups is 1. The number of sulfonamides is 1. The van der Waals surface area contributed by atoms with Crippen molar-refractivity contribution in [1.29, 1.82) is 0 Å². The minimum atomic E-state index is -3.66. The van der Waals surface area contributed by atoms with E-state index in [0.29, 0.717) is 5.75 Å². The molecule has 0 radical (unpaired) electrons. The fourth-order valence-electron chi connectivity index (χ4n) is 2.70. The number of anilines is 1. The third kappa shape index (κ3) is 5.38. The zero-order valence-electron chi connectivity index (χ0n) is 17.1. The van der Waals surface area contributed by atoms with Crippen molar-refractivity contribution < 1.29 is 22.3 Å². The molecular weight excluding hydrogens is 439 g/mol. The van der Waals surface area contributed by atoms with Crippen LogP contribution in [0.5, 0.6) is 5.75 Å². The van der Waals surface area contributed by atoms with E-state index in [-0.39, 0.29) is 16.4 Å². The van der Waals surface area contributed by atoms with Crippen molar-refractivity contribution in [3.05, 3.63) is 71.4 Å². The Kier molecular flexibility index (Phi) is 6.89. The molecule has 0 unspecified atom stereocenters. The van der Waals surface area contributed by atoms with Crippen molar-refractivity contribution in [2.75, 3.05) is 26.5 Å². The summed E-state index contributed by atoms with van der Waals surface area (Å²) >= 11 is 1.46. The highest BCUT2D eigenvalue weighted by atomic mass is 32.2. The van der Waals surface area contributed by atoms with Crippen LogP contribution >= 0.6 is 11.3 Å². The highest BCUT2D eigenvalue weighted by Gasteiger charge is 2.19. The third-order valence-electron chi connectivity index (χ3n) is 4.36. The number of hydrogen-bond donors (Lipinski definition) is 1. The molecule has 0 aliphatic carbocycles. The van der Waals surface area contributed by atoms with Gasteiger partial charge in [-0.1, -0.05) is 12.1 Å². The van der Waals surface area contributed by atoms with Crippen LogP contribution in [0.3, 0.4) is 0 Å². The first-order valence-corrected chi connectivity index (χ1v) is 11.4. The first-order valence-electron chi connectivity index (χ1n) is 9.16. The van der Waals surface area contributed by atoms with Gasteiger partial charge in [0.15, 0.2) is 0 Å². The Labute approximate surface area is 184 Å². The molecular formula is C22H21FN2O4S2. The molecule has 3 aromatic rings. The lowest BCUT2D eigenvalue weighted by Crippen LogP contribution is -2.22. The van der Waals surface area contributed by atoms with Crippen LogP contribution in [0.4, 0.5) is 10.1 Å². The molecule has 31 heavy (non-hydrogen) atoms. The van der Waals surface area contributed by atoms with E-state index in [9.17, 15) is 17.6 Å². The Morgan fingerprint density at radius 1 is 1.10 bits per heavy atom. The average Bonchev–Trinajstić information content (AvgIpc) is 3.21. The van der Waals surface area contributed by atoms with Crippen molar-refractivity contribution in [1.82, 2.24) is 4.31 Å². The van der Waals surface area contributed by atoms with Gasteiger partial charge in [-0.3, -0.25) is 4.79 Å². The van der Waals surface area contributed by atoms with E-state index in [1.54, 1.807) is 18.2 Å². The van der Waals surface area contributed by atoms with Crippen LogP contribution in [-0.2, 0) is 14.8 Å². The largest absolute Gasteiger partial charge is 0.495 e. The van der Waals surface area contributed by atoms with E-state index in [1.807, 2.05) is 12.1 Å². The Morgan fingerprint density at radius 2 is 1.81 bits per heavy atom. The summed E-state index contributed by atoms with van der Waals surface area (Å²) in [5.74, 6) is -0.390. The summed E-state index contributed by atoms with van der Waals surface area (Å²) in [6, 6.07) is 14.2. The molecule has 162 valence electrons. The maximum atomic E-state index is 13.1. The van der Waals surface area contributed by atoms with E-state index in [1.165, 1.54) is 68.9 Å². The number of ether oxygens (including phenoxy) is 1. The van der Waals surface area contributed by atoms with Crippen molar-refractivity contribution >= 4 is 39.0 Å². The molecule has 0 saturated heterocycles. The fourth-order valence-corrected chi connectivity index (χ4v) is 4.54. The predicted octanol–water partition coefficient (Wildman–Crippen LogP) is 4.47. The fraction of sp³-hybridized carbons (Fsp3) is 0.136. The van der Waals surface area contributed by atoms with Crippen LogP contribution in [0.25, 0.3) is 16.5 Å². The van der Waals surface area contributed by atoms with E-state index in [4.69, 9.17) is 4.74 Å². The molecule has 1 N–H and O–H groups in total. The predicted molar refractivity (Wildman–Crippen MR) is 121 cm³/mol. The number of rotatable bonds is 7. The van der Waals surface area contributed by atoms with E-state index in [0.717, 1.165) is 19.6 Å². The number of nitrogens with one attached hydrogen (secondary N) is 1. The smallest absolute Gasteiger partial charge is 0.248 e. The molecule has 0 saturated carbocycles. The molecule has 2 aromatic carbocycles. The van der Waals surface area contributed by atoms with Gasteiger partial charge in [0.2, 0.25) is 15.9 Å². The Hall–Kier alpha value is -3.01. The standard InChI is InChI=1S/C22H21FN2O4S2/c1-25(2)31(27,28)18-10-11-20(29-3)19(14-18)24-22(26)13-9-17-8-12-21(30-17)15-4-6-16(23)7-5-15/h4-14H,1-3H3,(H,24,26)/b13-9+. The topological polar surface area (TPSA) is 75.7 Å². The molecule has 1 aromatic heterocycles. The van der Waals surface area contributed by atoms with Gasteiger partial charge in [0.1, 0.15) is 11.6 Å². The second kappa shape index (κ2) is 9.42. The van der Waals surface area contributed by atoms with Gasteiger partial charge < -0.3 is 10.1 Å². The molecule has 1 heterocycles. The lowest BCUT2D eigenvalue weighted by atomic mass is 10.2. The molecule has 0 bridgehead atoms. The van der Waals surface area contributed by atoms with Crippen LogP contribution in [0.2, 0.25) is 0 Å². The van der Waals surface area contributed by atoms with Crippen molar-refractivity contribution in [3.63, 3.8) is 0 Å². The average molecular weight is 461 g/mol. The monoisotopic (exact) mass is 460 g/mol. The highest BCUT2D eigenvalue weighted by molar-refractivity contribution is 7.89. The number of halogens is 1. The number of nitrogens with zero attached hydrogens (tertiary/aromatic N) is 1. The number of methoxy groups -OCH3 is 1. The highest BCUT2D eigenvalue weighted by Crippen LogP contribution is 2.30. The molecule has 0 aliphatic heterocycles. The molecule has 6 nitrogen and oxygen atoms in total. The van der Waals surface area contributed by atoms with E-state index in [2.05, 4.69) is 5.32 Å². The van der Waals surface area contributed by atoms with Gasteiger partial charge in [-0.15, -0.1) is 11.3 Å². The van der Waals surface area contributed by atoms with Gasteiger partial charge in [-0.25, -0.2) is 17.1 Å². The van der Waals surface area contributed by atoms with Crippen LogP contribution in [0.15, 0.2) is 65.6 Å². The van der Waals surface area contributed by atoms with Crippen molar-refractivity contribution in [3.8, 4) is 16.2 Å². The molecule has 3 rings (SSSR count).